The van der Waals surface area contributed by atoms with E-state index in [2.05, 4.69) is 10.3 Å². The molecule has 1 amide bonds. The number of para-hydroxylation sites is 2. The van der Waals surface area contributed by atoms with Gasteiger partial charge in [0.2, 0.25) is 0 Å². The SMILES string of the molecule is COc1cccc2sc(NC(=O)c3cc(=O)c4ccccc4o3)nc12. The lowest BCUT2D eigenvalue weighted by Crippen LogP contribution is -2.14. The van der Waals surface area contributed by atoms with Crippen molar-refractivity contribution in [1.82, 2.24) is 4.98 Å². The Labute approximate surface area is 145 Å². The summed E-state index contributed by atoms with van der Waals surface area (Å²) < 4.78 is 11.7. The van der Waals surface area contributed by atoms with E-state index in [4.69, 9.17) is 9.15 Å². The van der Waals surface area contributed by atoms with Gasteiger partial charge < -0.3 is 9.15 Å². The van der Waals surface area contributed by atoms with Gasteiger partial charge in [0.25, 0.3) is 5.91 Å². The molecule has 7 heteroatoms. The Morgan fingerprint density at radius 1 is 1.20 bits per heavy atom. The van der Waals surface area contributed by atoms with Crippen molar-refractivity contribution in [3.8, 4) is 5.75 Å². The van der Waals surface area contributed by atoms with Crippen molar-refractivity contribution in [1.29, 1.82) is 0 Å². The summed E-state index contributed by atoms with van der Waals surface area (Å²) in [6, 6.07) is 13.5. The lowest BCUT2D eigenvalue weighted by molar-refractivity contribution is 0.0997. The largest absolute Gasteiger partial charge is 0.494 e. The highest BCUT2D eigenvalue weighted by atomic mass is 32.1. The zero-order valence-corrected chi connectivity index (χ0v) is 13.9. The molecular weight excluding hydrogens is 340 g/mol. The van der Waals surface area contributed by atoms with E-state index >= 15 is 0 Å². The highest BCUT2D eigenvalue weighted by Crippen LogP contribution is 2.32. The third-order valence-corrected chi connectivity index (χ3v) is 4.62. The number of benzene rings is 2. The molecule has 0 saturated heterocycles. The lowest BCUT2D eigenvalue weighted by atomic mass is 10.2. The highest BCUT2D eigenvalue weighted by molar-refractivity contribution is 7.22. The first-order valence-electron chi connectivity index (χ1n) is 7.43. The summed E-state index contributed by atoms with van der Waals surface area (Å²) in [5, 5.41) is 3.51. The fourth-order valence-corrected chi connectivity index (χ4v) is 3.39. The predicted molar refractivity (Wildman–Crippen MR) is 96.6 cm³/mol. The van der Waals surface area contributed by atoms with Crippen LogP contribution in [0.4, 0.5) is 5.13 Å². The van der Waals surface area contributed by atoms with Crippen LogP contribution in [-0.2, 0) is 0 Å². The van der Waals surface area contributed by atoms with Crippen LogP contribution in [0.2, 0.25) is 0 Å². The molecule has 124 valence electrons. The number of carbonyl (C=O) groups is 1. The normalized spacial score (nSPS) is 10.9. The number of methoxy groups -OCH3 is 1. The van der Waals surface area contributed by atoms with Crippen molar-refractivity contribution >= 4 is 43.6 Å². The Bertz CT molecular complexity index is 1160. The van der Waals surface area contributed by atoms with Crippen molar-refractivity contribution in [3.05, 3.63) is 64.5 Å². The molecule has 6 nitrogen and oxygen atoms in total. The van der Waals surface area contributed by atoms with Gasteiger partial charge in [-0.05, 0) is 24.3 Å². The predicted octanol–water partition coefficient (Wildman–Crippen LogP) is 3.66. The third kappa shape index (κ3) is 2.74. The van der Waals surface area contributed by atoms with E-state index in [0.717, 1.165) is 4.70 Å². The van der Waals surface area contributed by atoms with Crippen LogP contribution >= 0.6 is 11.3 Å². The number of rotatable bonds is 3. The number of thiazole rings is 1. The van der Waals surface area contributed by atoms with Crippen molar-refractivity contribution in [3.63, 3.8) is 0 Å². The Kier molecular flexibility index (Phi) is 3.70. The molecule has 0 aliphatic rings. The molecule has 0 aliphatic heterocycles. The van der Waals surface area contributed by atoms with Gasteiger partial charge in [0.1, 0.15) is 16.8 Å². The van der Waals surface area contributed by atoms with Crippen LogP contribution < -0.4 is 15.5 Å². The van der Waals surface area contributed by atoms with Crippen molar-refractivity contribution in [2.75, 3.05) is 12.4 Å². The molecule has 0 atom stereocenters. The molecular formula is C18H12N2O4S. The number of hydrogen-bond acceptors (Lipinski definition) is 6. The molecule has 1 N–H and O–H groups in total. The molecule has 0 aliphatic carbocycles. The second-order valence-corrected chi connectivity index (χ2v) is 6.28. The Morgan fingerprint density at radius 3 is 2.88 bits per heavy atom. The maximum absolute atomic E-state index is 12.4. The van der Waals surface area contributed by atoms with E-state index in [9.17, 15) is 9.59 Å². The van der Waals surface area contributed by atoms with Crippen molar-refractivity contribution < 1.29 is 13.9 Å². The van der Waals surface area contributed by atoms with Gasteiger partial charge in [-0.25, -0.2) is 4.98 Å². The molecule has 2 heterocycles. The van der Waals surface area contributed by atoms with Gasteiger partial charge in [-0.15, -0.1) is 0 Å². The Balaban J connectivity index is 1.69. The first-order chi connectivity index (χ1) is 12.2. The van der Waals surface area contributed by atoms with E-state index in [1.165, 1.54) is 17.4 Å². The Hall–Kier alpha value is -3.19. The standard InChI is InChI=1S/C18H12N2O4S/c1-23-13-7-4-8-15-16(13)19-18(25-15)20-17(22)14-9-11(21)10-5-2-3-6-12(10)24-14/h2-9H,1H3,(H,19,20,22). The van der Waals surface area contributed by atoms with E-state index in [-0.39, 0.29) is 11.2 Å². The number of hydrogen-bond donors (Lipinski definition) is 1. The second-order valence-electron chi connectivity index (χ2n) is 5.25. The van der Waals surface area contributed by atoms with Crippen LogP contribution in [0.3, 0.4) is 0 Å². The van der Waals surface area contributed by atoms with Crippen LogP contribution in [0.25, 0.3) is 21.2 Å². The van der Waals surface area contributed by atoms with E-state index < -0.39 is 5.91 Å². The summed E-state index contributed by atoms with van der Waals surface area (Å²) >= 11 is 1.31. The van der Waals surface area contributed by atoms with Crippen molar-refractivity contribution in [2.45, 2.75) is 0 Å². The average molecular weight is 352 g/mol. The van der Waals surface area contributed by atoms with E-state index in [0.29, 0.717) is 27.4 Å². The summed E-state index contributed by atoms with van der Waals surface area (Å²) in [4.78, 5) is 28.9. The molecule has 0 fully saturated rings. The molecule has 4 aromatic rings. The minimum Gasteiger partial charge on any atom is -0.494 e. The molecule has 0 spiro atoms. The summed E-state index contributed by atoms with van der Waals surface area (Å²) in [5.41, 5.74) is 0.773. The topological polar surface area (TPSA) is 81.4 Å². The van der Waals surface area contributed by atoms with Gasteiger partial charge in [0.05, 0.1) is 17.2 Å². The van der Waals surface area contributed by atoms with Gasteiger partial charge >= 0.3 is 0 Å². The second kappa shape index (κ2) is 6.03. The molecule has 0 radical (unpaired) electrons. The molecule has 4 rings (SSSR count). The molecule has 2 aromatic heterocycles. The molecule has 0 bridgehead atoms. The van der Waals surface area contributed by atoms with Gasteiger partial charge in [0.15, 0.2) is 16.3 Å². The smallest absolute Gasteiger partial charge is 0.293 e. The number of fused-ring (bicyclic) bond motifs is 2. The monoisotopic (exact) mass is 352 g/mol. The fraction of sp³-hybridized carbons (Fsp3) is 0.0556. The number of aromatic nitrogens is 1. The maximum atomic E-state index is 12.4. The van der Waals surface area contributed by atoms with Gasteiger partial charge in [-0.2, -0.15) is 0 Å². The number of carbonyl (C=O) groups excluding carboxylic acids is 1. The number of ether oxygens (including phenoxy) is 1. The maximum Gasteiger partial charge on any atom is 0.293 e. The first kappa shape index (κ1) is 15.3. The minimum absolute atomic E-state index is 0.0603. The molecule has 0 unspecified atom stereocenters. The molecule has 0 saturated carbocycles. The lowest BCUT2D eigenvalue weighted by Gasteiger charge is -2.02. The summed E-state index contributed by atoms with van der Waals surface area (Å²) in [5.74, 6) is 0.0438. The Morgan fingerprint density at radius 2 is 2.04 bits per heavy atom. The number of nitrogens with one attached hydrogen (secondary N) is 1. The fourth-order valence-electron chi connectivity index (χ4n) is 2.52. The van der Waals surface area contributed by atoms with Crippen LogP contribution in [0.15, 0.2) is 57.7 Å². The van der Waals surface area contributed by atoms with Crippen LogP contribution in [0, 0.1) is 0 Å². The number of anilines is 1. The zero-order valence-electron chi connectivity index (χ0n) is 13.1. The molecule has 25 heavy (non-hydrogen) atoms. The highest BCUT2D eigenvalue weighted by Gasteiger charge is 2.15. The third-order valence-electron chi connectivity index (χ3n) is 3.68. The van der Waals surface area contributed by atoms with Gasteiger partial charge in [0, 0.05) is 6.07 Å². The minimum atomic E-state index is -0.527. The summed E-state index contributed by atoms with van der Waals surface area (Å²) in [7, 11) is 1.57. The molecule has 2 aromatic carbocycles. The van der Waals surface area contributed by atoms with Crippen LogP contribution in [0.5, 0.6) is 5.75 Å². The van der Waals surface area contributed by atoms with Crippen LogP contribution in [-0.4, -0.2) is 18.0 Å². The van der Waals surface area contributed by atoms with E-state index in [1.54, 1.807) is 37.4 Å². The van der Waals surface area contributed by atoms with E-state index in [1.807, 2.05) is 12.1 Å². The summed E-state index contributed by atoms with van der Waals surface area (Å²) in [6.07, 6.45) is 0. The zero-order chi connectivity index (χ0) is 17.4. The summed E-state index contributed by atoms with van der Waals surface area (Å²) in [6.45, 7) is 0. The quantitative estimate of drug-likeness (QED) is 0.608. The van der Waals surface area contributed by atoms with Gasteiger partial charge in [-0.1, -0.05) is 29.5 Å². The van der Waals surface area contributed by atoms with Crippen molar-refractivity contribution in [2.24, 2.45) is 0 Å². The number of nitrogens with zero attached hydrogens (tertiary/aromatic N) is 1. The first-order valence-corrected chi connectivity index (χ1v) is 8.25. The van der Waals surface area contributed by atoms with Gasteiger partial charge in [-0.3, -0.25) is 14.9 Å². The number of amides is 1. The van der Waals surface area contributed by atoms with Crippen LogP contribution in [0.1, 0.15) is 10.6 Å². The average Bonchev–Trinajstić information content (AvgIpc) is 3.04.